The van der Waals surface area contributed by atoms with Crippen molar-refractivity contribution in [3.8, 4) is 0 Å². The predicted molar refractivity (Wildman–Crippen MR) is 110 cm³/mol. The summed E-state index contributed by atoms with van der Waals surface area (Å²) in [4.78, 5) is 34.4. The van der Waals surface area contributed by atoms with E-state index >= 15 is 0 Å². The minimum Gasteiger partial charge on any atom is -0.475 e. The number of hydrogen-bond donors (Lipinski definition) is 1. The van der Waals surface area contributed by atoms with Gasteiger partial charge in [0.1, 0.15) is 0 Å². The molecule has 0 aliphatic carbocycles. The van der Waals surface area contributed by atoms with Gasteiger partial charge in [0.05, 0.1) is 0 Å². The first-order valence-corrected chi connectivity index (χ1v) is 10.3. The van der Waals surface area contributed by atoms with Gasteiger partial charge in [-0.1, -0.05) is 6.07 Å². The van der Waals surface area contributed by atoms with Crippen LogP contribution in [0, 0.1) is 0 Å². The summed E-state index contributed by atoms with van der Waals surface area (Å²) in [5, 5.41) is 7.12. The second-order valence-electron chi connectivity index (χ2n) is 7.94. The number of amides is 1. The van der Waals surface area contributed by atoms with Gasteiger partial charge in [-0.15, -0.1) is 0 Å². The monoisotopic (exact) mass is 450 g/mol. The largest absolute Gasteiger partial charge is 0.490 e. The maximum atomic E-state index is 12.7. The van der Waals surface area contributed by atoms with E-state index in [-0.39, 0.29) is 11.4 Å². The Labute approximate surface area is 183 Å². The maximum Gasteiger partial charge on any atom is 0.490 e. The number of piperidine rings is 1. The van der Waals surface area contributed by atoms with Gasteiger partial charge < -0.3 is 10.0 Å². The zero-order valence-corrected chi connectivity index (χ0v) is 17.5. The Bertz CT molecular complexity index is 902. The molecule has 10 heteroatoms. The standard InChI is InChI=1S/C20H24N4O.C2HF3O2/c25-19(18-4-10-21-11-5-18)23-13-7-20(8-14-23)6-2-12-24(20)16-17-3-1-9-22-15-17;3-2(4,5)1(6)7/h1,3-5,9-11,15H,2,6-8,12-14,16H2;(H,6,7). The molecule has 4 heterocycles. The number of aromatic nitrogens is 2. The number of aliphatic carboxylic acids is 1. The molecule has 7 nitrogen and oxygen atoms in total. The molecule has 2 saturated heterocycles. The number of carbonyl (C=O) groups excluding carboxylic acids is 1. The van der Waals surface area contributed by atoms with E-state index in [1.165, 1.54) is 18.4 Å². The molecule has 4 rings (SSSR count). The Morgan fingerprint density at radius 3 is 2.22 bits per heavy atom. The van der Waals surface area contributed by atoms with Crippen LogP contribution < -0.4 is 0 Å². The third kappa shape index (κ3) is 5.82. The van der Waals surface area contributed by atoms with E-state index < -0.39 is 12.1 Å². The lowest BCUT2D eigenvalue weighted by molar-refractivity contribution is -0.192. The molecule has 0 radical (unpaired) electrons. The van der Waals surface area contributed by atoms with Gasteiger partial charge in [-0.3, -0.25) is 19.7 Å². The normalized spacial score (nSPS) is 18.2. The van der Waals surface area contributed by atoms with E-state index in [2.05, 4.69) is 20.9 Å². The Kier molecular flexibility index (Phi) is 7.44. The van der Waals surface area contributed by atoms with Crippen molar-refractivity contribution in [2.75, 3.05) is 19.6 Å². The van der Waals surface area contributed by atoms with Crippen LogP contribution in [0.2, 0.25) is 0 Å². The Balaban J connectivity index is 0.000000360. The molecule has 0 saturated carbocycles. The minimum atomic E-state index is -5.08. The average molecular weight is 450 g/mol. The molecule has 1 N–H and O–H groups in total. The van der Waals surface area contributed by atoms with Gasteiger partial charge in [-0.25, -0.2) is 4.79 Å². The van der Waals surface area contributed by atoms with Crippen molar-refractivity contribution in [2.24, 2.45) is 0 Å². The highest BCUT2D eigenvalue weighted by atomic mass is 19.4. The van der Waals surface area contributed by atoms with Crippen LogP contribution in [0.25, 0.3) is 0 Å². The summed E-state index contributed by atoms with van der Waals surface area (Å²) in [7, 11) is 0. The third-order valence-electron chi connectivity index (χ3n) is 5.99. The van der Waals surface area contributed by atoms with E-state index in [0.29, 0.717) is 0 Å². The highest BCUT2D eigenvalue weighted by Crippen LogP contribution is 2.39. The molecule has 0 unspecified atom stereocenters. The van der Waals surface area contributed by atoms with Gasteiger partial charge in [-0.05, 0) is 56.0 Å². The maximum absolute atomic E-state index is 12.7. The van der Waals surface area contributed by atoms with E-state index in [0.717, 1.165) is 44.6 Å². The fourth-order valence-corrected chi connectivity index (χ4v) is 4.32. The van der Waals surface area contributed by atoms with Crippen LogP contribution in [0.15, 0.2) is 49.1 Å². The molecule has 0 aromatic carbocycles. The summed E-state index contributed by atoms with van der Waals surface area (Å²) in [5.41, 5.74) is 2.27. The van der Waals surface area contributed by atoms with Crippen molar-refractivity contribution in [3.05, 3.63) is 60.2 Å². The summed E-state index contributed by atoms with van der Waals surface area (Å²) in [6, 6.07) is 7.77. The van der Waals surface area contributed by atoms with Crippen LogP contribution in [-0.2, 0) is 11.3 Å². The van der Waals surface area contributed by atoms with Gasteiger partial charge >= 0.3 is 12.1 Å². The zero-order valence-electron chi connectivity index (χ0n) is 17.5. The average Bonchev–Trinajstić information content (AvgIpc) is 3.16. The van der Waals surface area contributed by atoms with Crippen molar-refractivity contribution in [2.45, 2.75) is 43.9 Å². The van der Waals surface area contributed by atoms with Crippen LogP contribution in [0.1, 0.15) is 41.6 Å². The fourth-order valence-electron chi connectivity index (χ4n) is 4.32. The van der Waals surface area contributed by atoms with Crippen molar-refractivity contribution in [3.63, 3.8) is 0 Å². The molecule has 0 atom stereocenters. The lowest BCUT2D eigenvalue weighted by atomic mass is 9.84. The van der Waals surface area contributed by atoms with Crippen molar-refractivity contribution >= 4 is 11.9 Å². The van der Waals surface area contributed by atoms with Crippen LogP contribution in [0.5, 0.6) is 0 Å². The number of carbonyl (C=O) groups is 2. The van der Waals surface area contributed by atoms with Gasteiger partial charge in [0.25, 0.3) is 5.91 Å². The smallest absolute Gasteiger partial charge is 0.475 e. The van der Waals surface area contributed by atoms with Gasteiger partial charge in [0.15, 0.2) is 0 Å². The highest BCUT2D eigenvalue weighted by Gasteiger charge is 2.43. The molecule has 2 aliphatic heterocycles. The fraction of sp³-hybridized carbons (Fsp3) is 0.455. The molecular formula is C22H25F3N4O3. The van der Waals surface area contributed by atoms with Crippen LogP contribution in [0.4, 0.5) is 13.2 Å². The first-order valence-electron chi connectivity index (χ1n) is 10.3. The molecular weight excluding hydrogens is 425 g/mol. The highest BCUT2D eigenvalue weighted by molar-refractivity contribution is 5.94. The molecule has 1 spiro atoms. The van der Waals surface area contributed by atoms with E-state index in [1.54, 1.807) is 24.5 Å². The molecule has 2 aromatic heterocycles. The van der Waals surface area contributed by atoms with E-state index in [4.69, 9.17) is 9.90 Å². The summed E-state index contributed by atoms with van der Waals surface area (Å²) in [6.45, 7) is 3.79. The summed E-state index contributed by atoms with van der Waals surface area (Å²) in [5.74, 6) is -2.62. The summed E-state index contributed by atoms with van der Waals surface area (Å²) >= 11 is 0. The first kappa shape index (κ1) is 23.6. The number of hydrogen-bond acceptors (Lipinski definition) is 5. The summed E-state index contributed by atoms with van der Waals surface area (Å²) in [6.07, 6.45) is 6.69. The molecule has 32 heavy (non-hydrogen) atoms. The van der Waals surface area contributed by atoms with Gasteiger partial charge in [0, 0.05) is 55.5 Å². The molecule has 0 bridgehead atoms. The number of likely N-dealkylation sites (tertiary alicyclic amines) is 2. The first-order chi connectivity index (χ1) is 15.2. The second kappa shape index (κ2) is 10.1. The predicted octanol–water partition coefficient (Wildman–Crippen LogP) is 3.38. The topological polar surface area (TPSA) is 86.6 Å². The van der Waals surface area contributed by atoms with Crippen LogP contribution in [0.3, 0.4) is 0 Å². The second-order valence-corrected chi connectivity index (χ2v) is 7.94. The number of rotatable bonds is 3. The van der Waals surface area contributed by atoms with Gasteiger partial charge in [-0.2, -0.15) is 13.2 Å². The van der Waals surface area contributed by atoms with E-state index in [9.17, 15) is 18.0 Å². The van der Waals surface area contributed by atoms with Crippen LogP contribution >= 0.6 is 0 Å². The third-order valence-corrected chi connectivity index (χ3v) is 5.99. The number of alkyl halides is 3. The Morgan fingerprint density at radius 1 is 1.00 bits per heavy atom. The summed E-state index contributed by atoms with van der Waals surface area (Å²) < 4.78 is 31.7. The number of nitrogens with zero attached hydrogens (tertiary/aromatic N) is 4. The number of carboxylic acids is 1. The quantitative estimate of drug-likeness (QED) is 0.772. The lowest BCUT2D eigenvalue weighted by Crippen LogP contribution is -2.52. The molecule has 2 aliphatic rings. The van der Waals surface area contributed by atoms with Gasteiger partial charge in [0.2, 0.25) is 0 Å². The molecule has 2 aromatic rings. The van der Waals surface area contributed by atoms with Crippen molar-refractivity contribution < 1.29 is 27.9 Å². The molecule has 172 valence electrons. The minimum absolute atomic E-state index is 0.133. The Morgan fingerprint density at radius 2 is 1.66 bits per heavy atom. The van der Waals surface area contributed by atoms with Crippen molar-refractivity contribution in [1.29, 1.82) is 0 Å². The number of pyridine rings is 2. The lowest BCUT2D eigenvalue weighted by Gasteiger charge is -2.45. The van der Waals surface area contributed by atoms with Crippen molar-refractivity contribution in [1.82, 2.24) is 19.8 Å². The SMILES string of the molecule is O=C(O)C(F)(F)F.O=C(c1ccncc1)N1CCC2(CCCN2Cc2cccnc2)CC1. The Hall–Kier alpha value is -3.01. The number of carboxylic acid groups (broad SMARTS) is 1. The number of halogens is 3. The van der Waals surface area contributed by atoms with E-state index in [1.807, 2.05) is 23.4 Å². The molecule has 2 fully saturated rings. The molecule has 1 amide bonds. The van der Waals surface area contributed by atoms with Crippen LogP contribution in [-0.4, -0.2) is 68.1 Å². The zero-order chi connectivity index (χ0) is 23.2.